The van der Waals surface area contributed by atoms with E-state index in [1.807, 2.05) is 0 Å². The molecule has 1 aromatic rings. The zero-order valence-corrected chi connectivity index (χ0v) is 17.1. The Balaban J connectivity index is 2.83. The fourth-order valence-corrected chi connectivity index (χ4v) is 3.71. The van der Waals surface area contributed by atoms with Crippen LogP contribution in [-0.4, -0.2) is 33.7 Å². The number of hydrogen-bond acceptors (Lipinski definition) is 3. The van der Waals surface area contributed by atoms with Gasteiger partial charge in [0, 0.05) is 11.6 Å². The number of rotatable bonds is 10. The number of amides is 1. The monoisotopic (exact) mass is 388 g/mol. The normalized spacial score (nSPS) is 12.7. The Morgan fingerprint density at radius 3 is 2.56 bits per heavy atom. The third-order valence-electron chi connectivity index (χ3n) is 4.33. The molecule has 0 aliphatic heterocycles. The first-order valence-corrected chi connectivity index (χ1v) is 10.9. The van der Waals surface area contributed by atoms with Crippen molar-refractivity contribution in [3.05, 3.63) is 28.8 Å². The molecule has 7 heteroatoms. The molecule has 1 N–H and O–H groups in total. The minimum atomic E-state index is -3.60. The SMILES string of the molecule is CCCC[C@@H](CC)CNC(=O)CN(c1cccc(Cl)c1C)S(C)(=O)=O. The predicted molar refractivity (Wildman–Crippen MR) is 105 cm³/mol. The largest absolute Gasteiger partial charge is 0.354 e. The molecule has 0 saturated carbocycles. The van der Waals surface area contributed by atoms with Crippen LogP contribution in [0.15, 0.2) is 18.2 Å². The van der Waals surface area contributed by atoms with Crippen LogP contribution in [0.4, 0.5) is 5.69 Å². The number of sulfonamides is 1. The molecular weight excluding hydrogens is 360 g/mol. The van der Waals surface area contributed by atoms with E-state index in [1.165, 1.54) is 0 Å². The van der Waals surface area contributed by atoms with Gasteiger partial charge in [-0.05, 0) is 37.0 Å². The van der Waals surface area contributed by atoms with Crippen LogP contribution in [0.2, 0.25) is 5.02 Å². The smallest absolute Gasteiger partial charge is 0.240 e. The van der Waals surface area contributed by atoms with E-state index in [0.29, 0.717) is 28.7 Å². The summed E-state index contributed by atoms with van der Waals surface area (Å²) in [7, 11) is -3.60. The van der Waals surface area contributed by atoms with Crippen molar-refractivity contribution in [2.24, 2.45) is 5.92 Å². The van der Waals surface area contributed by atoms with E-state index in [9.17, 15) is 13.2 Å². The van der Waals surface area contributed by atoms with Gasteiger partial charge in [-0.25, -0.2) is 8.42 Å². The lowest BCUT2D eigenvalue weighted by atomic mass is 9.99. The maximum atomic E-state index is 12.3. The van der Waals surface area contributed by atoms with Gasteiger partial charge in [-0.3, -0.25) is 9.10 Å². The minimum Gasteiger partial charge on any atom is -0.354 e. The summed E-state index contributed by atoms with van der Waals surface area (Å²) in [5.74, 6) is 0.114. The van der Waals surface area contributed by atoms with E-state index in [0.717, 1.165) is 36.2 Å². The third kappa shape index (κ3) is 6.86. The molecule has 0 saturated heterocycles. The average molecular weight is 389 g/mol. The molecular formula is C18H29ClN2O3S. The van der Waals surface area contributed by atoms with Crippen LogP contribution in [-0.2, 0) is 14.8 Å². The van der Waals surface area contributed by atoms with E-state index in [-0.39, 0.29) is 12.5 Å². The highest BCUT2D eigenvalue weighted by Crippen LogP contribution is 2.28. The topological polar surface area (TPSA) is 66.5 Å². The first-order valence-electron chi connectivity index (χ1n) is 8.70. The molecule has 1 atom stereocenters. The fraction of sp³-hybridized carbons (Fsp3) is 0.611. The van der Waals surface area contributed by atoms with Crippen LogP contribution < -0.4 is 9.62 Å². The second-order valence-corrected chi connectivity index (χ2v) is 8.69. The summed E-state index contributed by atoms with van der Waals surface area (Å²) in [5.41, 5.74) is 1.07. The lowest BCUT2D eigenvalue weighted by Crippen LogP contribution is -2.42. The Bertz CT molecular complexity index is 677. The van der Waals surface area contributed by atoms with Crippen LogP contribution in [0.1, 0.15) is 45.1 Å². The van der Waals surface area contributed by atoms with Gasteiger partial charge in [-0.1, -0.05) is 50.8 Å². The molecule has 0 unspecified atom stereocenters. The molecule has 142 valence electrons. The van der Waals surface area contributed by atoms with Crippen molar-refractivity contribution in [2.75, 3.05) is 23.7 Å². The van der Waals surface area contributed by atoms with Gasteiger partial charge in [-0.15, -0.1) is 0 Å². The van der Waals surface area contributed by atoms with Gasteiger partial charge in [-0.2, -0.15) is 0 Å². The summed E-state index contributed by atoms with van der Waals surface area (Å²) in [4.78, 5) is 12.3. The molecule has 25 heavy (non-hydrogen) atoms. The number of nitrogens with zero attached hydrogens (tertiary/aromatic N) is 1. The summed E-state index contributed by atoms with van der Waals surface area (Å²) >= 11 is 6.09. The quantitative estimate of drug-likeness (QED) is 0.663. The van der Waals surface area contributed by atoms with Crippen LogP contribution in [0.5, 0.6) is 0 Å². The minimum absolute atomic E-state index is 0.246. The zero-order chi connectivity index (χ0) is 19.0. The summed E-state index contributed by atoms with van der Waals surface area (Å²) < 4.78 is 25.4. The highest BCUT2D eigenvalue weighted by atomic mass is 35.5. The summed E-state index contributed by atoms with van der Waals surface area (Å²) in [6, 6.07) is 5.03. The van der Waals surface area contributed by atoms with E-state index in [2.05, 4.69) is 19.2 Å². The Morgan fingerprint density at radius 1 is 1.32 bits per heavy atom. The highest BCUT2D eigenvalue weighted by Gasteiger charge is 2.23. The summed E-state index contributed by atoms with van der Waals surface area (Å²) in [6.07, 6.45) is 5.41. The number of halogens is 1. The number of unbranched alkanes of at least 4 members (excludes halogenated alkanes) is 1. The molecule has 0 fully saturated rings. The summed E-state index contributed by atoms with van der Waals surface area (Å²) in [5, 5.41) is 3.34. The lowest BCUT2D eigenvalue weighted by Gasteiger charge is -2.24. The summed E-state index contributed by atoms with van der Waals surface area (Å²) in [6.45, 7) is 6.31. The maximum Gasteiger partial charge on any atom is 0.240 e. The zero-order valence-electron chi connectivity index (χ0n) is 15.5. The lowest BCUT2D eigenvalue weighted by molar-refractivity contribution is -0.119. The van der Waals surface area contributed by atoms with Gasteiger partial charge in [0.1, 0.15) is 6.54 Å². The second-order valence-electron chi connectivity index (χ2n) is 6.37. The van der Waals surface area contributed by atoms with Crippen molar-refractivity contribution < 1.29 is 13.2 Å². The second kappa shape index (κ2) is 10.0. The van der Waals surface area contributed by atoms with Gasteiger partial charge in [0.2, 0.25) is 15.9 Å². The predicted octanol–water partition coefficient (Wildman–Crippen LogP) is 3.75. The van der Waals surface area contributed by atoms with Crippen LogP contribution in [0.3, 0.4) is 0 Å². The first-order chi connectivity index (χ1) is 11.7. The number of nitrogens with one attached hydrogen (secondary N) is 1. The molecule has 0 spiro atoms. The van der Waals surface area contributed by atoms with Crippen LogP contribution >= 0.6 is 11.6 Å². The van der Waals surface area contributed by atoms with E-state index < -0.39 is 10.0 Å². The average Bonchev–Trinajstić information content (AvgIpc) is 2.55. The highest BCUT2D eigenvalue weighted by molar-refractivity contribution is 7.92. The van der Waals surface area contributed by atoms with Crippen LogP contribution in [0.25, 0.3) is 0 Å². The number of benzene rings is 1. The van der Waals surface area contributed by atoms with Crippen LogP contribution in [0, 0.1) is 12.8 Å². The molecule has 0 aromatic heterocycles. The van der Waals surface area contributed by atoms with Crippen molar-refractivity contribution in [2.45, 2.75) is 46.5 Å². The number of carbonyl (C=O) groups excluding carboxylic acids is 1. The molecule has 1 aromatic carbocycles. The molecule has 0 bridgehead atoms. The molecule has 0 heterocycles. The number of hydrogen-bond donors (Lipinski definition) is 1. The Hall–Kier alpha value is -1.27. The molecule has 5 nitrogen and oxygen atoms in total. The molecule has 1 amide bonds. The Labute approximate surface area is 156 Å². The number of carbonyl (C=O) groups is 1. The van der Waals surface area contributed by atoms with Crippen molar-refractivity contribution in [1.82, 2.24) is 5.32 Å². The fourth-order valence-electron chi connectivity index (χ4n) is 2.64. The molecule has 0 radical (unpaired) electrons. The Kier molecular flexibility index (Phi) is 8.73. The van der Waals surface area contributed by atoms with Gasteiger partial charge < -0.3 is 5.32 Å². The van der Waals surface area contributed by atoms with Gasteiger partial charge >= 0.3 is 0 Å². The number of anilines is 1. The first kappa shape index (κ1) is 21.8. The van der Waals surface area contributed by atoms with Gasteiger partial charge in [0.05, 0.1) is 11.9 Å². The molecule has 0 aliphatic rings. The van der Waals surface area contributed by atoms with Gasteiger partial charge in [0.15, 0.2) is 0 Å². The Morgan fingerprint density at radius 2 is 2.00 bits per heavy atom. The van der Waals surface area contributed by atoms with Crippen molar-refractivity contribution in [1.29, 1.82) is 0 Å². The van der Waals surface area contributed by atoms with Gasteiger partial charge in [0.25, 0.3) is 0 Å². The molecule has 1 rings (SSSR count). The van der Waals surface area contributed by atoms with E-state index >= 15 is 0 Å². The standard InChI is InChI=1S/C18H29ClN2O3S/c1-5-7-9-15(6-2)12-20-18(22)13-21(25(4,23)24)17-11-8-10-16(19)14(17)3/h8,10-11,15H,5-7,9,12-13H2,1-4H3,(H,20,22)/t15-/m1/s1. The van der Waals surface area contributed by atoms with E-state index in [1.54, 1.807) is 25.1 Å². The maximum absolute atomic E-state index is 12.3. The van der Waals surface area contributed by atoms with E-state index in [4.69, 9.17) is 11.6 Å². The third-order valence-corrected chi connectivity index (χ3v) is 5.86. The molecule has 0 aliphatic carbocycles. The van der Waals surface area contributed by atoms with Crippen molar-refractivity contribution >= 4 is 33.2 Å². The van der Waals surface area contributed by atoms with Crippen molar-refractivity contribution in [3.8, 4) is 0 Å². The van der Waals surface area contributed by atoms with Crippen molar-refractivity contribution in [3.63, 3.8) is 0 Å².